The van der Waals surface area contributed by atoms with Gasteiger partial charge < -0.3 is 4.57 Å². The van der Waals surface area contributed by atoms with Crippen LogP contribution in [0.25, 0.3) is 5.69 Å². The van der Waals surface area contributed by atoms with Crippen molar-refractivity contribution in [2.24, 2.45) is 0 Å². The Morgan fingerprint density at radius 2 is 1.77 bits per heavy atom. The van der Waals surface area contributed by atoms with Crippen molar-refractivity contribution >= 4 is 60.6 Å². The maximum absolute atomic E-state index is 13.6. The third-order valence-electron chi connectivity index (χ3n) is 3.15. The van der Waals surface area contributed by atoms with Gasteiger partial charge in [-0.15, -0.1) is 0 Å². The van der Waals surface area contributed by atoms with Crippen LogP contribution < -0.4 is 0 Å². The second kappa shape index (κ2) is 6.87. The molecule has 0 spiro atoms. The summed E-state index contributed by atoms with van der Waals surface area (Å²) < 4.78 is 73.0. The van der Waals surface area contributed by atoms with Gasteiger partial charge in [0, 0.05) is 6.20 Å². The standard InChI is InChI=1S/C13H4BrCl3F4N2O2S/c14-11-7(4-22)10(26(24,25)13(16,17)21)5-23(11)9-2-1-6(3-8(9)15)12(18,19)20/h1-3,5H. The van der Waals surface area contributed by atoms with Gasteiger partial charge in [-0.2, -0.15) is 22.8 Å². The molecule has 0 amide bonds. The molecule has 0 fully saturated rings. The number of hydrogen-bond acceptors (Lipinski definition) is 3. The Labute approximate surface area is 167 Å². The Kier molecular flexibility index (Phi) is 5.63. The number of sulfone groups is 1. The molecule has 13 heteroatoms. The highest BCUT2D eigenvalue weighted by atomic mass is 79.9. The van der Waals surface area contributed by atoms with Gasteiger partial charge in [-0.25, -0.2) is 8.42 Å². The van der Waals surface area contributed by atoms with E-state index in [1.807, 2.05) is 0 Å². The molecular formula is C13H4BrCl3F4N2O2S. The lowest BCUT2D eigenvalue weighted by Gasteiger charge is -2.12. The van der Waals surface area contributed by atoms with Crippen LogP contribution in [0.4, 0.5) is 17.6 Å². The topological polar surface area (TPSA) is 62.9 Å². The molecule has 1 aromatic carbocycles. The van der Waals surface area contributed by atoms with E-state index in [1.165, 1.54) is 6.07 Å². The zero-order valence-electron chi connectivity index (χ0n) is 12.0. The normalized spacial score (nSPS) is 12.9. The predicted octanol–water partition coefficient (Wildman–Crippen LogP) is 5.62. The van der Waals surface area contributed by atoms with Crippen LogP contribution >= 0.6 is 50.7 Å². The molecule has 2 rings (SSSR count). The lowest BCUT2D eigenvalue weighted by Crippen LogP contribution is -2.21. The van der Waals surface area contributed by atoms with E-state index >= 15 is 0 Å². The molecule has 2 aromatic rings. The van der Waals surface area contributed by atoms with E-state index in [1.54, 1.807) is 0 Å². The SMILES string of the molecule is N#Cc1c(S(=O)(=O)C(F)(Cl)Cl)cn(-c2ccc(C(F)(F)F)cc2Cl)c1Br. The second-order valence-electron chi connectivity index (χ2n) is 4.75. The number of halogens is 8. The molecule has 0 unspecified atom stereocenters. The van der Waals surface area contributed by atoms with Gasteiger partial charge in [0.2, 0.25) is 9.84 Å². The number of rotatable bonds is 3. The molecule has 1 aromatic heterocycles. The number of hydrogen-bond donors (Lipinski definition) is 0. The Morgan fingerprint density at radius 1 is 1.19 bits per heavy atom. The Balaban J connectivity index is 2.74. The quantitative estimate of drug-likeness (QED) is 0.395. The fourth-order valence-electron chi connectivity index (χ4n) is 1.94. The summed E-state index contributed by atoms with van der Waals surface area (Å²) in [5.74, 6) is 0. The average molecular weight is 515 g/mol. The summed E-state index contributed by atoms with van der Waals surface area (Å²) in [4.78, 5) is -0.865. The molecule has 140 valence electrons. The largest absolute Gasteiger partial charge is 0.416 e. The number of aromatic nitrogens is 1. The van der Waals surface area contributed by atoms with E-state index in [2.05, 4.69) is 15.9 Å². The van der Waals surface area contributed by atoms with Crippen LogP contribution in [0.5, 0.6) is 0 Å². The molecule has 0 N–H and O–H groups in total. The highest BCUT2D eigenvalue weighted by molar-refractivity contribution is 9.10. The van der Waals surface area contributed by atoms with Gasteiger partial charge in [0.05, 0.1) is 16.3 Å². The van der Waals surface area contributed by atoms with E-state index in [0.29, 0.717) is 12.1 Å². The van der Waals surface area contributed by atoms with E-state index < -0.39 is 41.0 Å². The highest BCUT2D eigenvalue weighted by Gasteiger charge is 2.44. The zero-order chi connectivity index (χ0) is 20.1. The third-order valence-corrected chi connectivity index (χ3v) is 6.95. The van der Waals surface area contributed by atoms with Crippen molar-refractivity contribution in [1.29, 1.82) is 5.26 Å². The van der Waals surface area contributed by atoms with E-state index in [0.717, 1.165) is 16.8 Å². The summed E-state index contributed by atoms with van der Waals surface area (Å²) in [5.41, 5.74) is -1.69. The lowest BCUT2D eigenvalue weighted by atomic mass is 10.2. The van der Waals surface area contributed by atoms with Crippen molar-refractivity contribution in [3.63, 3.8) is 0 Å². The molecule has 1 heterocycles. The summed E-state index contributed by atoms with van der Waals surface area (Å²) in [6, 6.07) is 3.81. The number of nitriles is 1. The van der Waals surface area contributed by atoms with Gasteiger partial charge in [-0.3, -0.25) is 0 Å². The van der Waals surface area contributed by atoms with Crippen molar-refractivity contribution in [2.45, 2.75) is 15.0 Å². The number of benzene rings is 1. The van der Waals surface area contributed by atoms with Crippen molar-refractivity contribution in [2.75, 3.05) is 0 Å². The Morgan fingerprint density at radius 3 is 2.19 bits per heavy atom. The Hall–Kier alpha value is -0.990. The summed E-state index contributed by atoms with van der Waals surface area (Å²) in [5, 5.41) is 8.76. The van der Waals surface area contributed by atoms with Crippen LogP contribution in [0.2, 0.25) is 5.02 Å². The van der Waals surface area contributed by atoms with E-state index in [4.69, 9.17) is 40.1 Å². The molecule has 0 bridgehead atoms. The fraction of sp³-hybridized carbons (Fsp3) is 0.154. The predicted molar refractivity (Wildman–Crippen MR) is 90.9 cm³/mol. The first-order valence-electron chi connectivity index (χ1n) is 6.21. The Bertz CT molecular complexity index is 1020. The molecule has 0 aliphatic carbocycles. The van der Waals surface area contributed by atoms with Crippen LogP contribution in [0.3, 0.4) is 0 Å². The number of nitrogens with zero attached hydrogens (tertiary/aromatic N) is 2. The lowest BCUT2D eigenvalue weighted by molar-refractivity contribution is -0.137. The fourth-order valence-corrected chi connectivity index (χ4v) is 4.35. The molecule has 0 atom stereocenters. The van der Waals surface area contributed by atoms with Crippen LogP contribution in [0, 0.1) is 11.3 Å². The minimum Gasteiger partial charge on any atom is -0.307 e. The maximum Gasteiger partial charge on any atom is 0.416 e. The molecule has 0 aliphatic rings. The molecule has 0 aliphatic heterocycles. The van der Waals surface area contributed by atoms with Crippen molar-refractivity contribution in [3.8, 4) is 11.8 Å². The monoisotopic (exact) mass is 512 g/mol. The average Bonchev–Trinajstić information content (AvgIpc) is 2.82. The highest BCUT2D eigenvalue weighted by Crippen LogP contribution is 2.41. The number of alkyl halides is 6. The van der Waals surface area contributed by atoms with Crippen molar-refractivity contribution in [3.05, 3.63) is 45.1 Å². The van der Waals surface area contributed by atoms with Crippen molar-refractivity contribution in [1.82, 2.24) is 4.57 Å². The molecular weight excluding hydrogens is 510 g/mol. The van der Waals surface area contributed by atoms with Gasteiger partial charge in [0.25, 0.3) is 0 Å². The molecule has 4 nitrogen and oxygen atoms in total. The molecule has 0 saturated heterocycles. The van der Waals surface area contributed by atoms with Gasteiger partial charge >= 0.3 is 10.1 Å². The van der Waals surface area contributed by atoms with Crippen molar-refractivity contribution < 1.29 is 26.0 Å². The molecule has 26 heavy (non-hydrogen) atoms. The first-order chi connectivity index (χ1) is 11.7. The minimum atomic E-state index is -5.01. The van der Waals surface area contributed by atoms with Crippen LogP contribution in [-0.2, 0) is 16.0 Å². The first-order valence-corrected chi connectivity index (χ1v) is 9.62. The third kappa shape index (κ3) is 3.68. The van der Waals surface area contributed by atoms with Crippen LogP contribution in [0.1, 0.15) is 11.1 Å². The summed E-state index contributed by atoms with van der Waals surface area (Å²) in [7, 11) is -5.01. The summed E-state index contributed by atoms with van der Waals surface area (Å²) >= 11 is 18.8. The van der Waals surface area contributed by atoms with Gasteiger partial charge in [0.1, 0.15) is 21.1 Å². The van der Waals surface area contributed by atoms with Gasteiger partial charge in [0.15, 0.2) is 0 Å². The second-order valence-corrected chi connectivity index (χ2v) is 9.61. The van der Waals surface area contributed by atoms with Gasteiger partial charge in [-0.1, -0.05) is 11.6 Å². The van der Waals surface area contributed by atoms with E-state index in [-0.39, 0.29) is 10.3 Å². The van der Waals surface area contributed by atoms with Gasteiger partial charge in [-0.05, 0) is 57.3 Å². The van der Waals surface area contributed by atoms with Crippen LogP contribution in [0.15, 0.2) is 33.9 Å². The summed E-state index contributed by atoms with van der Waals surface area (Å²) in [6.07, 6.45) is -3.88. The maximum atomic E-state index is 13.6. The van der Waals surface area contributed by atoms with Crippen LogP contribution in [-0.4, -0.2) is 16.9 Å². The molecule has 0 radical (unpaired) electrons. The smallest absolute Gasteiger partial charge is 0.307 e. The minimum absolute atomic E-state index is 0.0990. The summed E-state index contributed by atoms with van der Waals surface area (Å²) in [6.45, 7) is 0. The first kappa shape index (κ1) is 21.3. The zero-order valence-corrected chi connectivity index (χ0v) is 16.6. The molecule has 0 saturated carbocycles. The van der Waals surface area contributed by atoms with E-state index in [9.17, 15) is 26.0 Å².